The number of halogens is 3. The molecule has 2 aromatic heterocycles. The quantitative estimate of drug-likeness (QED) is 0.413. The summed E-state index contributed by atoms with van der Waals surface area (Å²) >= 11 is 3.12. The monoisotopic (exact) mass is 455 g/mol. The van der Waals surface area contributed by atoms with E-state index < -0.39 is 6.36 Å². The summed E-state index contributed by atoms with van der Waals surface area (Å²) in [7, 11) is 0. The fourth-order valence-electron chi connectivity index (χ4n) is 3.29. The van der Waals surface area contributed by atoms with Gasteiger partial charge in [0.1, 0.15) is 5.75 Å². The second kappa shape index (κ2) is 8.99. The maximum atomic E-state index is 12.4. The van der Waals surface area contributed by atoms with Crippen molar-refractivity contribution in [1.82, 2.24) is 14.8 Å². The molecule has 4 rings (SSSR count). The average Bonchev–Trinajstić information content (AvgIpc) is 3.44. The molecule has 5 nitrogen and oxygen atoms in total. The molecule has 30 heavy (non-hydrogen) atoms. The number of rotatable bonds is 7. The van der Waals surface area contributed by atoms with Crippen molar-refractivity contribution >= 4 is 23.1 Å². The summed E-state index contributed by atoms with van der Waals surface area (Å²) in [5.74, 6) is 0.578. The molecular formula is C20H20F3N3O2S2. The molecule has 3 heterocycles. The summed E-state index contributed by atoms with van der Waals surface area (Å²) in [6, 6.07) is 9.92. The lowest BCUT2D eigenvalue weighted by Crippen LogP contribution is -2.17. The number of ether oxygens (including phenoxy) is 2. The first-order valence-corrected chi connectivity index (χ1v) is 11.3. The molecule has 1 aliphatic heterocycles. The van der Waals surface area contributed by atoms with Crippen molar-refractivity contribution in [2.24, 2.45) is 0 Å². The molecule has 0 N–H and O–H groups in total. The molecule has 1 fully saturated rings. The van der Waals surface area contributed by atoms with Crippen LogP contribution in [0.4, 0.5) is 13.2 Å². The second-order valence-corrected chi connectivity index (χ2v) is 9.16. The minimum absolute atomic E-state index is 0.0337. The van der Waals surface area contributed by atoms with Gasteiger partial charge >= 0.3 is 6.36 Å². The molecule has 0 aliphatic carbocycles. The van der Waals surface area contributed by atoms with Crippen LogP contribution in [-0.2, 0) is 11.3 Å². The molecule has 0 saturated carbocycles. The SMILES string of the molecule is CC(Sc1nnc(-c2cccs2)n1CC1CCCO1)c1ccc(OC(F)(F)F)cc1. The van der Waals surface area contributed by atoms with Crippen LogP contribution in [0.2, 0.25) is 0 Å². The van der Waals surface area contributed by atoms with Gasteiger partial charge in [0, 0.05) is 11.9 Å². The summed E-state index contributed by atoms with van der Waals surface area (Å²) in [6.45, 7) is 3.43. The topological polar surface area (TPSA) is 49.2 Å². The molecule has 2 unspecified atom stereocenters. The van der Waals surface area contributed by atoms with E-state index in [1.165, 1.54) is 23.9 Å². The Hall–Kier alpha value is -2.04. The van der Waals surface area contributed by atoms with Gasteiger partial charge in [0.15, 0.2) is 11.0 Å². The Kier molecular flexibility index (Phi) is 6.35. The highest BCUT2D eigenvalue weighted by atomic mass is 32.2. The van der Waals surface area contributed by atoms with Crippen LogP contribution >= 0.6 is 23.1 Å². The Labute approximate surface area is 180 Å². The van der Waals surface area contributed by atoms with Crippen molar-refractivity contribution in [3.63, 3.8) is 0 Å². The van der Waals surface area contributed by atoms with Crippen molar-refractivity contribution in [2.45, 2.75) is 49.2 Å². The highest BCUT2D eigenvalue weighted by Gasteiger charge is 2.31. The number of alkyl halides is 3. The van der Waals surface area contributed by atoms with Crippen molar-refractivity contribution in [3.8, 4) is 16.5 Å². The van der Waals surface area contributed by atoms with Crippen molar-refractivity contribution in [3.05, 3.63) is 47.3 Å². The van der Waals surface area contributed by atoms with E-state index in [0.29, 0.717) is 6.54 Å². The Morgan fingerprint density at radius 2 is 2.07 bits per heavy atom. The van der Waals surface area contributed by atoms with Gasteiger partial charge in [-0.05, 0) is 48.9 Å². The number of hydrogen-bond acceptors (Lipinski definition) is 6. The maximum Gasteiger partial charge on any atom is 0.573 e. The number of nitrogens with zero attached hydrogens (tertiary/aromatic N) is 3. The summed E-state index contributed by atoms with van der Waals surface area (Å²) in [5, 5.41) is 11.5. The molecule has 2 atom stereocenters. The molecule has 0 spiro atoms. The molecule has 3 aromatic rings. The Morgan fingerprint density at radius 1 is 1.27 bits per heavy atom. The maximum absolute atomic E-state index is 12.4. The van der Waals surface area contributed by atoms with Gasteiger partial charge in [0.05, 0.1) is 17.5 Å². The van der Waals surface area contributed by atoms with Crippen LogP contribution < -0.4 is 4.74 Å². The highest BCUT2D eigenvalue weighted by Crippen LogP contribution is 2.37. The predicted octanol–water partition coefficient (Wildman–Crippen LogP) is 5.94. The summed E-state index contributed by atoms with van der Waals surface area (Å²) in [4.78, 5) is 1.04. The van der Waals surface area contributed by atoms with E-state index in [4.69, 9.17) is 4.74 Å². The number of aromatic nitrogens is 3. The van der Waals surface area contributed by atoms with Gasteiger partial charge in [-0.2, -0.15) is 0 Å². The number of thiophene rings is 1. The van der Waals surface area contributed by atoms with Gasteiger partial charge in [-0.1, -0.05) is 30.0 Å². The minimum Gasteiger partial charge on any atom is -0.406 e. The standard InChI is InChI=1S/C20H20F3N3O2S2/c1-13(14-6-8-15(9-7-14)28-20(21,22)23)30-19-25-24-18(17-5-3-11-29-17)26(19)12-16-4-2-10-27-16/h3,5-9,11,13,16H,2,4,10,12H2,1H3. The lowest BCUT2D eigenvalue weighted by atomic mass is 10.2. The van der Waals surface area contributed by atoms with Gasteiger partial charge in [-0.25, -0.2) is 0 Å². The van der Waals surface area contributed by atoms with Crippen LogP contribution in [0.1, 0.15) is 30.6 Å². The fraction of sp³-hybridized carbons (Fsp3) is 0.400. The van der Waals surface area contributed by atoms with E-state index in [0.717, 1.165) is 40.9 Å². The second-order valence-electron chi connectivity index (χ2n) is 6.91. The van der Waals surface area contributed by atoms with Crippen LogP contribution in [0.15, 0.2) is 46.9 Å². The van der Waals surface area contributed by atoms with E-state index in [9.17, 15) is 13.2 Å². The van der Waals surface area contributed by atoms with Crippen LogP contribution in [0, 0.1) is 0 Å². The van der Waals surface area contributed by atoms with Crippen molar-refractivity contribution in [1.29, 1.82) is 0 Å². The number of thioether (sulfide) groups is 1. The molecule has 1 saturated heterocycles. The zero-order chi connectivity index (χ0) is 21.1. The summed E-state index contributed by atoms with van der Waals surface area (Å²) in [6.07, 6.45) is -2.51. The molecular weight excluding hydrogens is 435 g/mol. The molecule has 10 heteroatoms. The Balaban J connectivity index is 1.53. The Bertz CT molecular complexity index is 953. The third-order valence-electron chi connectivity index (χ3n) is 4.73. The number of benzene rings is 1. The van der Waals surface area contributed by atoms with Crippen LogP contribution in [0.25, 0.3) is 10.7 Å². The largest absolute Gasteiger partial charge is 0.573 e. The Morgan fingerprint density at radius 3 is 2.70 bits per heavy atom. The van der Waals surface area contributed by atoms with E-state index >= 15 is 0 Å². The molecule has 0 radical (unpaired) electrons. The molecule has 1 aromatic carbocycles. The first kappa shape index (κ1) is 21.2. The first-order chi connectivity index (χ1) is 14.4. The minimum atomic E-state index is -4.70. The molecule has 1 aliphatic rings. The molecule has 0 bridgehead atoms. The third kappa shape index (κ3) is 5.16. The van der Waals surface area contributed by atoms with E-state index in [-0.39, 0.29) is 17.1 Å². The van der Waals surface area contributed by atoms with E-state index in [2.05, 4.69) is 19.5 Å². The van der Waals surface area contributed by atoms with Crippen LogP contribution in [0.3, 0.4) is 0 Å². The van der Waals surface area contributed by atoms with Gasteiger partial charge in [-0.3, -0.25) is 4.57 Å². The smallest absolute Gasteiger partial charge is 0.406 e. The average molecular weight is 456 g/mol. The van der Waals surface area contributed by atoms with Gasteiger partial charge < -0.3 is 9.47 Å². The van der Waals surface area contributed by atoms with Crippen molar-refractivity contribution < 1.29 is 22.6 Å². The van der Waals surface area contributed by atoms with Gasteiger partial charge in [0.25, 0.3) is 0 Å². The van der Waals surface area contributed by atoms with Crippen LogP contribution in [0.5, 0.6) is 5.75 Å². The van der Waals surface area contributed by atoms with E-state index in [1.54, 1.807) is 23.5 Å². The van der Waals surface area contributed by atoms with Gasteiger partial charge in [0.2, 0.25) is 0 Å². The van der Waals surface area contributed by atoms with E-state index in [1.807, 2.05) is 24.4 Å². The normalized spacial score (nSPS) is 17.9. The fourth-order valence-corrected chi connectivity index (χ4v) is 4.99. The van der Waals surface area contributed by atoms with Crippen LogP contribution in [-0.4, -0.2) is 33.8 Å². The zero-order valence-electron chi connectivity index (χ0n) is 16.1. The van der Waals surface area contributed by atoms with Gasteiger partial charge in [-0.15, -0.1) is 34.7 Å². The summed E-state index contributed by atoms with van der Waals surface area (Å²) in [5.41, 5.74) is 0.874. The lowest BCUT2D eigenvalue weighted by molar-refractivity contribution is -0.274. The predicted molar refractivity (Wildman–Crippen MR) is 110 cm³/mol. The third-order valence-corrected chi connectivity index (χ3v) is 6.74. The first-order valence-electron chi connectivity index (χ1n) is 9.50. The summed E-state index contributed by atoms with van der Waals surface area (Å²) < 4.78 is 48.9. The molecule has 0 amide bonds. The number of hydrogen-bond donors (Lipinski definition) is 0. The van der Waals surface area contributed by atoms with Crippen molar-refractivity contribution in [2.75, 3.05) is 6.61 Å². The highest BCUT2D eigenvalue weighted by molar-refractivity contribution is 7.99. The lowest BCUT2D eigenvalue weighted by Gasteiger charge is -2.16. The zero-order valence-corrected chi connectivity index (χ0v) is 17.8. The molecule has 160 valence electrons.